The second kappa shape index (κ2) is 5.06. The summed E-state index contributed by atoms with van der Waals surface area (Å²) in [4.78, 5) is 20.9. The summed E-state index contributed by atoms with van der Waals surface area (Å²) in [7, 11) is 0. The lowest BCUT2D eigenvalue weighted by Crippen LogP contribution is -2.18. The maximum atomic E-state index is 11.0. The van der Waals surface area contributed by atoms with E-state index in [0.717, 1.165) is 17.1 Å². The molecular weight excluding hydrogens is 272 g/mol. The van der Waals surface area contributed by atoms with Gasteiger partial charge in [-0.15, -0.1) is 0 Å². The Balaban J connectivity index is 1.91. The Morgan fingerprint density at radius 3 is 2.81 bits per heavy atom. The number of hydrogen-bond donors (Lipinski definition) is 2. The molecule has 0 saturated heterocycles. The summed E-state index contributed by atoms with van der Waals surface area (Å²) >= 11 is 0. The summed E-state index contributed by atoms with van der Waals surface area (Å²) in [6, 6.07) is 8.40. The van der Waals surface area contributed by atoms with Crippen LogP contribution in [0, 0.1) is 13.8 Å². The van der Waals surface area contributed by atoms with Gasteiger partial charge in [0.05, 0.1) is 5.56 Å². The lowest BCUT2D eigenvalue weighted by molar-refractivity contribution is 0.0368. The van der Waals surface area contributed by atoms with Crippen LogP contribution in [0.25, 0.3) is 0 Å². The average molecular weight is 286 g/mol. The molecule has 2 aromatic rings. The molecule has 1 aliphatic heterocycles. The SMILES string of the molecule is Cc1cc(C2N=C(c3cccc(C(=O)O)c3)NO2)c(C)o1. The van der Waals surface area contributed by atoms with Gasteiger partial charge in [0.1, 0.15) is 11.5 Å². The van der Waals surface area contributed by atoms with Gasteiger partial charge in [-0.3, -0.25) is 0 Å². The lowest BCUT2D eigenvalue weighted by Gasteiger charge is -2.03. The average Bonchev–Trinajstić information content (AvgIpc) is 3.05. The number of aromatic carboxylic acids is 1. The standard InChI is InChI=1S/C15H14N2O4/c1-8-6-12(9(2)20-8)14-16-13(17-21-14)10-4-3-5-11(7-10)15(18)19/h3-7,14H,1-2H3,(H,16,17)(H,18,19). The Bertz CT molecular complexity index is 733. The van der Waals surface area contributed by atoms with E-state index in [2.05, 4.69) is 10.5 Å². The Morgan fingerprint density at radius 1 is 1.33 bits per heavy atom. The Hall–Kier alpha value is -2.60. The highest BCUT2D eigenvalue weighted by atomic mass is 16.7. The van der Waals surface area contributed by atoms with Gasteiger partial charge in [0.15, 0.2) is 5.84 Å². The molecule has 6 heteroatoms. The van der Waals surface area contributed by atoms with Crippen LogP contribution in [0.3, 0.4) is 0 Å². The number of carboxylic acid groups (broad SMARTS) is 1. The van der Waals surface area contributed by atoms with Crippen molar-refractivity contribution < 1.29 is 19.2 Å². The Kier molecular flexibility index (Phi) is 3.23. The van der Waals surface area contributed by atoms with Crippen molar-refractivity contribution in [1.29, 1.82) is 0 Å². The van der Waals surface area contributed by atoms with Crippen molar-refractivity contribution in [1.82, 2.24) is 5.48 Å². The number of amidine groups is 1. The molecule has 1 aromatic heterocycles. The number of nitrogens with zero attached hydrogens (tertiary/aromatic N) is 1. The van der Waals surface area contributed by atoms with Crippen molar-refractivity contribution in [3.05, 3.63) is 58.5 Å². The first-order valence-electron chi connectivity index (χ1n) is 6.45. The third-order valence-corrected chi connectivity index (χ3v) is 3.24. The number of carbonyl (C=O) groups is 1. The van der Waals surface area contributed by atoms with E-state index in [1.807, 2.05) is 19.9 Å². The summed E-state index contributed by atoms with van der Waals surface area (Å²) in [6.45, 7) is 3.71. The largest absolute Gasteiger partial charge is 0.478 e. The molecule has 2 heterocycles. The van der Waals surface area contributed by atoms with Crippen molar-refractivity contribution in [2.75, 3.05) is 0 Å². The first kappa shape index (κ1) is 13.4. The maximum Gasteiger partial charge on any atom is 0.335 e. The Morgan fingerprint density at radius 2 is 2.14 bits per heavy atom. The van der Waals surface area contributed by atoms with Gasteiger partial charge >= 0.3 is 5.97 Å². The summed E-state index contributed by atoms with van der Waals surface area (Å²) in [5, 5.41) is 9.02. The molecule has 0 radical (unpaired) electrons. The van der Waals surface area contributed by atoms with Gasteiger partial charge in [-0.1, -0.05) is 12.1 Å². The fourth-order valence-electron chi connectivity index (χ4n) is 2.24. The third-order valence-electron chi connectivity index (χ3n) is 3.24. The van der Waals surface area contributed by atoms with Crippen LogP contribution in [-0.4, -0.2) is 16.9 Å². The predicted molar refractivity (Wildman–Crippen MR) is 75.1 cm³/mol. The van der Waals surface area contributed by atoms with E-state index in [0.29, 0.717) is 11.4 Å². The monoisotopic (exact) mass is 286 g/mol. The minimum atomic E-state index is -0.978. The summed E-state index contributed by atoms with van der Waals surface area (Å²) < 4.78 is 5.46. The number of hydroxylamine groups is 1. The van der Waals surface area contributed by atoms with Gasteiger partial charge in [-0.25, -0.2) is 20.1 Å². The van der Waals surface area contributed by atoms with Crippen molar-refractivity contribution >= 4 is 11.8 Å². The number of aliphatic imine (C=N–C) groups is 1. The number of aryl methyl sites for hydroxylation is 2. The molecule has 2 N–H and O–H groups in total. The quantitative estimate of drug-likeness (QED) is 0.906. The molecule has 0 amide bonds. The van der Waals surface area contributed by atoms with Gasteiger partial charge in [0.2, 0.25) is 6.23 Å². The molecule has 0 aliphatic carbocycles. The van der Waals surface area contributed by atoms with Crippen molar-refractivity contribution in [2.24, 2.45) is 4.99 Å². The van der Waals surface area contributed by atoms with Crippen LogP contribution in [0.4, 0.5) is 0 Å². The number of hydrogen-bond acceptors (Lipinski definition) is 5. The molecule has 3 rings (SSSR count). The van der Waals surface area contributed by atoms with Crippen molar-refractivity contribution in [3.63, 3.8) is 0 Å². The number of furan rings is 1. The summed E-state index contributed by atoms with van der Waals surface area (Å²) in [5.74, 6) is 1.07. The van der Waals surface area contributed by atoms with E-state index in [-0.39, 0.29) is 5.56 Å². The van der Waals surface area contributed by atoms with E-state index in [4.69, 9.17) is 14.4 Å². The van der Waals surface area contributed by atoms with Crippen LogP contribution in [0.5, 0.6) is 0 Å². The molecule has 1 aliphatic rings. The van der Waals surface area contributed by atoms with Crippen LogP contribution >= 0.6 is 0 Å². The van der Waals surface area contributed by atoms with E-state index >= 15 is 0 Å². The van der Waals surface area contributed by atoms with E-state index in [9.17, 15) is 4.79 Å². The molecule has 21 heavy (non-hydrogen) atoms. The minimum Gasteiger partial charge on any atom is -0.478 e. The molecule has 1 aromatic carbocycles. The molecule has 0 saturated carbocycles. The molecule has 1 atom stereocenters. The lowest BCUT2D eigenvalue weighted by atomic mass is 10.1. The van der Waals surface area contributed by atoms with Gasteiger partial charge < -0.3 is 9.52 Å². The fraction of sp³-hybridized carbons (Fsp3) is 0.200. The van der Waals surface area contributed by atoms with E-state index in [1.54, 1.807) is 18.2 Å². The molecule has 0 fully saturated rings. The molecule has 0 bridgehead atoms. The smallest absolute Gasteiger partial charge is 0.335 e. The predicted octanol–water partition coefficient (Wildman–Crippen LogP) is 2.57. The first-order valence-corrected chi connectivity index (χ1v) is 6.45. The molecule has 108 valence electrons. The second-order valence-electron chi connectivity index (χ2n) is 4.80. The molecular formula is C15H14N2O4. The minimum absolute atomic E-state index is 0.204. The number of carboxylic acids is 1. The highest BCUT2D eigenvalue weighted by Crippen LogP contribution is 2.28. The normalized spacial score (nSPS) is 17.4. The van der Waals surface area contributed by atoms with Gasteiger partial charge in [0.25, 0.3) is 0 Å². The van der Waals surface area contributed by atoms with Crippen LogP contribution < -0.4 is 5.48 Å². The topological polar surface area (TPSA) is 84.1 Å². The second-order valence-corrected chi connectivity index (χ2v) is 4.80. The number of benzene rings is 1. The molecule has 0 spiro atoms. The van der Waals surface area contributed by atoms with Crippen LogP contribution in [0.15, 0.2) is 39.7 Å². The van der Waals surface area contributed by atoms with Crippen LogP contribution in [0.2, 0.25) is 0 Å². The van der Waals surface area contributed by atoms with Crippen molar-refractivity contribution in [3.8, 4) is 0 Å². The zero-order valence-corrected chi connectivity index (χ0v) is 11.6. The zero-order valence-electron chi connectivity index (χ0n) is 11.6. The highest BCUT2D eigenvalue weighted by Gasteiger charge is 2.24. The first-order chi connectivity index (χ1) is 10.0. The van der Waals surface area contributed by atoms with Crippen molar-refractivity contribution in [2.45, 2.75) is 20.1 Å². The van der Waals surface area contributed by atoms with E-state index < -0.39 is 12.2 Å². The number of nitrogens with one attached hydrogen (secondary N) is 1. The zero-order chi connectivity index (χ0) is 15.0. The Labute approximate surface area is 121 Å². The summed E-state index contributed by atoms with van der Waals surface area (Å²) in [5.41, 5.74) is 4.46. The third kappa shape index (κ3) is 2.53. The van der Waals surface area contributed by atoms with Gasteiger partial charge in [0, 0.05) is 11.1 Å². The molecule has 1 unspecified atom stereocenters. The fourth-order valence-corrected chi connectivity index (χ4v) is 2.24. The molecule has 6 nitrogen and oxygen atoms in total. The van der Waals surface area contributed by atoms with Crippen LogP contribution in [-0.2, 0) is 4.84 Å². The van der Waals surface area contributed by atoms with Gasteiger partial charge in [-0.05, 0) is 32.0 Å². The van der Waals surface area contributed by atoms with Gasteiger partial charge in [-0.2, -0.15) is 0 Å². The summed E-state index contributed by atoms with van der Waals surface area (Å²) in [6.07, 6.45) is -0.495. The van der Waals surface area contributed by atoms with E-state index in [1.165, 1.54) is 6.07 Å². The maximum absolute atomic E-state index is 11.0. The number of rotatable bonds is 3. The van der Waals surface area contributed by atoms with Crippen LogP contribution in [0.1, 0.15) is 39.2 Å². The highest BCUT2D eigenvalue weighted by molar-refractivity contribution is 6.01.